The van der Waals surface area contributed by atoms with E-state index in [1.165, 1.54) is 19.3 Å². The van der Waals surface area contributed by atoms with Gasteiger partial charge in [0, 0.05) is 30.3 Å². The highest BCUT2D eigenvalue weighted by molar-refractivity contribution is 6.04. The lowest BCUT2D eigenvalue weighted by atomic mass is 10.1. The Morgan fingerprint density at radius 3 is 2.58 bits per heavy atom. The third kappa shape index (κ3) is 4.48. The molecule has 154 valence electrons. The number of rotatable bonds is 5. The van der Waals surface area contributed by atoms with E-state index < -0.39 is 0 Å². The number of pyridine rings is 1. The van der Waals surface area contributed by atoms with Gasteiger partial charge in [-0.3, -0.25) is 14.6 Å². The van der Waals surface area contributed by atoms with Crippen LogP contribution in [-0.2, 0) is 4.79 Å². The summed E-state index contributed by atoms with van der Waals surface area (Å²) in [7, 11) is 0. The molecule has 0 atom stereocenters. The minimum Gasteiger partial charge on any atom is -0.456 e. The van der Waals surface area contributed by atoms with Gasteiger partial charge in [-0.25, -0.2) is 0 Å². The summed E-state index contributed by atoms with van der Waals surface area (Å²) in [5.74, 6) is 0.702. The Morgan fingerprint density at radius 1 is 0.935 bits per heavy atom. The van der Waals surface area contributed by atoms with Crippen LogP contribution in [0.3, 0.4) is 0 Å². The van der Waals surface area contributed by atoms with Crippen LogP contribution in [0.5, 0.6) is 11.5 Å². The van der Waals surface area contributed by atoms with Crippen molar-refractivity contribution >= 4 is 34.1 Å². The number of aromatic nitrogens is 3. The van der Waals surface area contributed by atoms with Crippen molar-refractivity contribution in [1.82, 2.24) is 15.2 Å². The Hall–Kier alpha value is -4.33. The smallest absolute Gasteiger partial charge is 0.257 e. The Bertz CT molecular complexity index is 1270. The fraction of sp³-hybridized carbons (Fsp3) is 0.0870. The van der Waals surface area contributed by atoms with Gasteiger partial charge < -0.3 is 15.4 Å². The molecule has 0 aliphatic heterocycles. The molecule has 4 rings (SSSR count). The molecular formula is C23H19N5O3. The average molecular weight is 413 g/mol. The van der Waals surface area contributed by atoms with E-state index in [1.54, 1.807) is 36.5 Å². The molecule has 2 N–H and O–H groups in total. The fourth-order valence-corrected chi connectivity index (χ4v) is 3.06. The Kier molecular flexibility index (Phi) is 5.53. The number of aryl methyl sites for hydroxylation is 1. The van der Waals surface area contributed by atoms with E-state index in [9.17, 15) is 9.59 Å². The van der Waals surface area contributed by atoms with Crippen molar-refractivity contribution in [3.63, 3.8) is 0 Å². The van der Waals surface area contributed by atoms with Crippen LogP contribution in [0.15, 0.2) is 67.1 Å². The first kappa shape index (κ1) is 20.0. The molecule has 0 unspecified atom stereocenters. The van der Waals surface area contributed by atoms with Crippen LogP contribution in [0.25, 0.3) is 10.9 Å². The predicted molar refractivity (Wildman–Crippen MR) is 117 cm³/mol. The third-order valence-electron chi connectivity index (χ3n) is 4.55. The number of hydrogen-bond donors (Lipinski definition) is 2. The van der Waals surface area contributed by atoms with Gasteiger partial charge in [-0.2, -0.15) is 10.2 Å². The van der Waals surface area contributed by atoms with E-state index in [2.05, 4.69) is 25.8 Å². The van der Waals surface area contributed by atoms with E-state index >= 15 is 0 Å². The van der Waals surface area contributed by atoms with Crippen molar-refractivity contribution in [3.8, 4) is 11.5 Å². The first-order chi connectivity index (χ1) is 15.0. The Morgan fingerprint density at radius 2 is 1.81 bits per heavy atom. The first-order valence-corrected chi connectivity index (χ1v) is 9.53. The predicted octanol–water partition coefficient (Wildman–Crippen LogP) is 4.34. The molecule has 0 saturated heterocycles. The van der Waals surface area contributed by atoms with Gasteiger partial charge in [0.05, 0.1) is 29.2 Å². The highest BCUT2D eigenvalue weighted by atomic mass is 16.5. The second-order valence-corrected chi connectivity index (χ2v) is 6.86. The lowest BCUT2D eigenvalue weighted by Gasteiger charge is -2.14. The summed E-state index contributed by atoms with van der Waals surface area (Å²) >= 11 is 0. The monoisotopic (exact) mass is 413 g/mol. The number of para-hydroxylation sites is 1. The third-order valence-corrected chi connectivity index (χ3v) is 4.55. The summed E-state index contributed by atoms with van der Waals surface area (Å²) in [5, 5.41) is 13.8. The largest absolute Gasteiger partial charge is 0.456 e. The molecule has 8 heteroatoms. The molecule has 0 radical (unpaired) electrons. The number of benzene rings is 2. The number of fused-ring (bicyclic) bond motifs is 1. The number of carbonyl (C=O) groups excluding carboxylic acids is 2. The number of anilines is 2. The van der Waals surface area contributed by atoms with Crippen molar-refractivity contribution in [2.45, 2.75) is 13.8 Å². The zero-order valence-electron chi connectivity index (χ0n) is 16.9. The van der Waals surface area contributed by atoms with Crippen LogP contribution in [0, 0.1) is 6.92 Å². The number of ether oxygens (including phenoxy) is 1. The Balaban J connectivity index is 1.64. The summed E-state index contributed by atoms with van der Waals surface area (Å²) in [6, 6.07) is 14.3. The standard InChI is InChI=1S/C23H19N5O3/c1-14-6-7-17(28-23(30)16-8-11-25-26-13-16)12-21(14)31-20-9-10-24-22-18(20)4-3-5-19(22)27-15(2)29/h3-13H,1-2H3,(H,27,29)(H,28,30). The Labute approximate surface area is 178 Å². The topological polar surface area (TPSA) is 106 Å². The zero-order valence-corrected chi connectivity index (χ0v) is 16.9. The molecule has 0 spiro atoms. The number of nitrogens with one attached hydrogen (secondary N) is 2. The summed E-state index contributed by atoms with van der Waals surface area (Å²) in [6.07, 6.45) is 4.49. The number of nitrogens with zero attached hydrogens (tertiary/aromatic N) is 3. The molecule has 2 aromatic heterocycles. The summed E-state index contributed by atoms with van der Waals surface area (Å²) < 4.78 is 6.18. The van der Waals surface area contributed by atoms with Crippen molar-refractivity contribution in [2.75, 3.05) is 10.6 Å². The zero-order chi connectivity index (χ0) is 21.8. The molecule has 0 aliphatic rings. The lowest BCUT2D eigenvalue weighted by molar-refractivity contribution is -0.114. The van der Waals surface area contributed by atoms with E-state index in [0.29, 0.717) is 34.0 Å². The molecule has 31 heavy (non-hydrogen) atoms. The highest BCUT2D eigenvalue weighted by Gasteiger charge is 2.12. The van der Waals surface area contributed by atoms with Gasteiger partial charge in [-0.05, 0) is 42.8 Å². The highest BCUT2D eigenvalue weighted by Crippen LogP contribution is 2.34. The molecule has 0 bridgehead atoms. The van der Waals surface area contributed by atoms with Gasteiger partial charge in [0.15, 0.2) is 0 Å². The SMILES string of the molecule is CC(=O)Nc1cccc2c(Oc3cc(NC(=O)c4ccnnc4)ccc3C)ccnc12. The van der Waals surface area contributed by atoms with Gasteiger partial charge in [0.1, 0.15) is 11.5 Å². The minimum absolute atomic E-state index is 0.177. The van der Waals surface area contributed by atoms with Crippen LogP contribution in [0.4, 0.5) is 11.4 Å². The number of carbonyl (C=O) groups is 2. The maximum absolute atomic E-state index is 12.4. The second kappa shape index (κ2) is 8.58. The first-order valence-electron chi connectivity index (χ1n) is 9.53. The fourth-order valence-electron chi connectivity index (χ4n) is 3.06. The lowest BCUT2D eigenvalue weighted by Crippen LogP contribution is -2.12. The van der Waals surface area contributed by atoms with Crippen LogP contribution < -0.4 is 15.4 Å². The van der Waals surface area contributed by atoms with Gasteiger partial charge in [-0.1, -0.05) is 12.1 Å². The molecule has 0 aliphatic carbocycles. The van der Waals surface area contributed by atoms with Crippen LogP contribution in [0.1, 0.15) is 22.8 Å². The van der Waals surface area contributed by atoms with Crippen molar-refractivity contribution < 1.29 is 14.3 Å². The molecule has 2 amide bonds. The van der Waals surface area contributed by atoms with Crippen LogP contribution in [-0.4, -0.2) is 27.0 Å². The quantitative estimate of drug-likeness (QED) is 0.504. The van der Waals surface area contributed by atoms with E-state index in [-0.39, 0.29) is 11.8 Å². The average Bonchev–Trinajstić information content (AvgIpc) is 2.77. The summed E-state index contributed by atoms with van der Waals surface area (Å²) in [4.78, 5) is 28.3. The van der Waals surface area contributed by atoms with Crippen LogP contribution in [0.2, 0.25) is 0 Å². The van der Waals surface area contributed by atoms with Crippen molar-refractivity contribution in [3.05, 3.63) is 78.2 Å². The molecule has 2 heterocycles. The summed E-state index contributed by atoms with van der Waals surface area (Å²) in [6.45, 7) is 3.37. The molecular weight excluding hydrogens is 394 g/mol. The number of amides is 2. The van der Waals surface area contributed by atoms with Gasteiger partial charge in [-0.15, -0.1) is 0 Å². The second-order valence-electron chi connectivity index (χ2n) is 6.86. The van der Waals surface area contributed by atoms with Gasteiger partial charge >= 0.3 is 0 Å². The van der Waals surface area contributed by atoms with Crippen molar-refractivity contribution in [1.29, 1.82) is 0 Å². The molecule has 0 saturated carbocycles. The normalized spacial score (nSPS) is 10.5. The molecule has 0 fully saturated rings. The minimum atomic E-state index is -0.293. The van der Waals surface area contributed by atoms with Crippen LogP contribution >= 0.6 is 0 Å². The maximum atomic E-state index is 12.4. The molecule has 2 aromatic carbocycles. The van der Waals surface area contributed by atoms with E-state index in [0.717, 1.165) is 10.9 Å². The maximum Gasteiger partial charge on any atom is 0.257 e. The molecule has 4 aromatic rings. The van der Waals surface area contributed by atoms with E-state index in [1.807, 2.05) is 25.1 Å². The van der Waals surface area contributed by atoms with Gasteiger partial charge in [0.25, 0.3) is 5.91 Å². The molecule has 8 nitrogen and oxygen atoms in total. The summed E-state index contributed by atoms with van der Waals surface area (Å²) in [5.41, 5.74) is 3.12. The van der Waals surface area contributed by atoms with Gasteiger partial charge in [0.2, 0.25) is 5.91 Å². The van der Waals surface area contributed by atoms with E-state index in [4.69, 9.17) is 4.74 Å². The van der Waals surface area contributed by atoms with Crippen molar-refractivity contribution in [2.24, 2.45) is 0 Å². The number of hydrogen-bond acceptors (Lipinski definition) is 6.